The van der Waals surface area contributed by atoms with Crippen LogP contribution in [0.5, 0.6) is 5.75 Å². The van der Waals surface area contributed by atoms with Crippen LogP contribution in [0.25, 0.3) is 11.1 Å². The van der Waals surface area contributed by atoms with Crippen molar-refractivity contribution in [2.75, 3.05) is 13.7 Å². The number of hydrogen-bond acceptors (Lipinski definition) is 5. The van der Waals surface area contributed by atoms with Crippen molar-refractivity contribution in [3.05, 3.63) is 82.4 Å². The molecular formula is C26H26FN3O3. The highest BCUT2D eigenvalue weighted by Crippen LogP contribution is 2.32. The van der Waals surface area contributed by atoms with Crippen LogP contribution >= 0.6 is 0 Å². The van der Waals surface area contributed by atoms with E-state index in [1.54, 1.807) is 61.6 Å². The minimum atomic E-state index is -0.690. The third kappa shape index (κ3) is 4.64. The molecule has 1 aliphatic rings. The summed E-state index contributed by atoms with van der Waals surface area (Å²) in [5.74, 6) is 0.0233. The lowest BCUT2D eigenvalue weighted by Crippen LogP contribution is -2.27. The van der Waals surface area contributed by atoms with Crippen LogP contribution in [-0.4, -0.2) is 40.8 Å². The van der Waals surface area contributed by atoms with Gasteiger partial charge in [0.05, 0.1) is 24.9 Å². The van der Waals surface area contributed by atoms with Gasteiger partial charge in [-0.05, 0) is 60.9 Å². The van der Waals surface area contributed by atoms with Crippen LogP contribution in [0.4, 0.5) is 4.39 Å². The van der Waals surface area contributed by atoms with Crippen LogP contribution in [0.15, 0.2) is 53.7 Å². The number of fused-ring (bicyclic) bond motifs is 1. The molecule has 6 nitrogen and oxygen atoms in total. The van der Waals surface area contributed by atoms with Crippen molar-refractivity contribution in [2.24, 2.45) is 4.99 Å². The van der Waals surface area contributed by atoms with Gasteiger partial charge < -0.3 is 14.7 Å². The second kappa shape index (κ2) is 9.50. The summed E-state index contributed by atoms with van der Waals surface area (Å²) in [5.41, 5.74) is 5.19. The topological polar surface area (TPSA) is 75.0 Å². The Balaban J connectivity index is 1.59. The maximum atomic E-state index is 13.7. The number of nitrogens with zero attached hydrogens (tertiary/aromatic N) is 3. The summed E-state index contributed by atoms with van der Waals surface area (Å²) >= 11 is 0. The molecule has 0 spiro atoms. The van der Waals surface area contributed by atoms with Gasteiger partial charge in [-0.3, -0.25) is 14.8 Å². The molecule has 2 heterocycles. The zero-order chi connectivity index (χ0) is 23.5. The molecule has 2 aromatic carbocycles. The predicted molar refractivity (Wildman–Crippen MR) is 125 cm³/mol. The van der Waals surface area contributed by atoms with Gasteiger partial charge in [0.25, 0.3) is 5.91 Å². The average Bonchev–Trinajstić information content (AvgIpc) is 3.29. The van der Waals surface area contributed by atoms with E-state index in [1.807, 2.05) is 6.92 Å². The molecule has 4 rings (SSSR count). The molecule has 1 unspecified atom stereocenters. The summed E-state index contributed by atoms with van der Waals surface area (Å²) in [6.45, 7) is 4.82. The molecule has 0 aliphatic carbocycles. The highest BCUT2D eigenvalue weighted by Gasteiger charge is 2.22. The summed E-state index contributed by atoms with van der Waals surface area (Å²) in [6, 6.07) is 11.5. The lowest BCUT2D eigenvalue weighted by atomic mass is 10.0. The molecule has 1 N–H and O–H groups in total. The smallest absolute Gasteiger partial charge is 0.254 e. The molecule has 7 heteroatoms. The summed E-state index contributed by atoms with van der Waals surface area (Å²) in [4.78, 5) is 23.5. The van der Waals surface area contributed by atoms with E-state index in [-0.39, 0.29) is 11.7 Å². The summed E-state index contributed by atoms with van der Waals surface area (Å²) in [7, 11) is 1.73. The second-order valence-corrected chi connectivity index (χ2v) is 8.02. The van der Waals surface area contributed by atoms with Gasteiger partial charge in [0.15, 0.2) is 0 Å². The Morgan fingerprint density at radius 2 is 2.09 bits per heavy atom. The van der Waals surface area contributed by atoms with Crippen LogP contribution < -0.4 is 4.74 Å². The highest BCUT2D eigenvalue weighted by atomic mass is 19.1. The van der Waals surface area contributed by atoms with E-state index >= 15 is 0 Å². The first-order chi connectivity index (χ1) is 15.9. The zero-order valence-electron chi connectivity index (χ0n) is 18.9. The van der Waals surface area contributed by atoms with E-state index in [1.165, 1.54) is 12.1 Å². The fourth-order valence-electron chi connectivity index (χ4n) is 4.02. The first kappa shape index (κ1) is 22.6. The maximum absolute atomic E-state index is 13.7. The molecule has 1 aliphatic heterocycles. The molecule has 3 aromatic rings. The van der Waals surface area contributed by atoms with Crippen LogP contribution in [0.1, 0.15) is 52.7 Å². The van der Waals surface area contributed by atoms with Crippen molar-refractivity contribution >= 4 is 12.1 Å². The number of carbonyl (C=O) groups is 1. The van der Waals surface area contributed by atoms with E-state index in [0.29, 0.717) is 42.3 Å². The maximum Gasteiger partial charge on any atom is 0.254 e. The Morgan fingerprint density at radius 1 is 1.27 bits per heavy atom. The van der Waals surface area contributed by atoms with Gasteiger partial charge in [0, 0.05) is 42.7 Å². The van der Waals surface area contributed by atoms with Crippen molar-refractivity contribution in [1.82, 2.24) is 9.88 Å². The summed E-state index contributed by atoms with van der Waals surface area (Å²) in [6.07, 6.45) is 2.75. The molecule has 0 saturated heterocycles. The number of hydrogen-bond donors (Lipinski definition) is 1. The Labute approximate surface area is 192 Å². The number of aliphatic hydroxyl groups excluding tert-OH is 1. The normalized spacial score (nSPS) is 13.0. The number of carbonyl (C=O) groups excluding carboxylic acids is 1. The van der Waals surface area contributed by atoms with E-state index < -0.39 is 6.10 Å². The molecule has 170 valence electrons. The average molecular weight is 448 g/mol. The molecule has 1 atom stereocenters. The zero-order valence-corrected chi connectivity index (χ0v) is 18.9. The van der Waals surface area contributed by atoms with E-state index in [2.05, 4.69) is 9.98 Å². The van der Waals surface area contributed by atoms with Gasteiger partial charge in [0.2, 0.25) is 0 Å². The van der Waals surface area contributed by atoms with Crippen molar-refractivity contribution in [3.63, 3.8) is 0 Å². The number of ether oxygens (including phenoxy) is 1. The SMILES string of the molecule is CCOc1cc(C(=O)N(C)Cc2cnc(C(C)O)c3c2CN=C3)ccc1-c1cccc(F)c1. The molecular weight excluding hydrogens is 421 g/mol. The minimum absolute atomic E-state index is 0.172. The van der Waals surface area contributed by atoms with E-state index in [4.69, 9.17) is 4.74 Å². The van der Waals surface area contributed by atoms with Crippen LogP contribution in [0, 0.1) is 5.82 Å². The summed E-state index contributed by atoms with van der Waals surface area (Å²) in [5, 5.41) is 9.97. The fraction of sp³-hybridized carbons (Fsp3) is 0.269. The molecule has 0 bridgehead atoms. The third-order valence-corrected chi connectivity index (χ3v) is 5.63. The molecule has 0 fully saturated rings. The van der Waals surface area contributed by atoms with Crippen molar-refractivity contribution in [2.45, 2.75) is 33.0 Å². The number of halogens is 1. The lowest BCUT2D eigenvalue weighted by molar-refractivity contribution is 0.0784. The molecule has 0 radical (unpaired) electrons. The minimum Gasteiger partial charge on any atom is -0.493 e. The highest BCUT2D eigenvalue weighted by molar-refractivity contribution is 5.95. The van der Waals surface area contributed by atoms with Crippen LogP contribution in [0.3, 0.4) is 0 Å². The van der Waals surface area contributed by atoms with E-state index in [9.17, 15) is 14.3 Å². The fourth-order valence-corrected chi connectivity index (χ4v) is 4.02. The number of amides is 1. The number of benzene rings is 2. The predicted octanol–water partition coefficient (Wildman–Crippen LogP) is 4.54. The number of pyridine rings is 1. The van der Waals surface area contributed by atoms with Gasteiger partial charge in [-0.1, -0.05) is 12.1 Å². The van der Waals surface area contributed by atoms with Crippen molar-refractivity contribution in [3.8, 4) is 16.9 Å². The quantitative estimate of drug-likeness (QED) is 0.577. The third-order valence-electron chi connectivity index (χ3n) is 5.63. The van der Waals surface area contributed by atoms with Gasteiger partial charge in [-0.25, -0.2) is 4.39 Å². The van der Waals surface area contributed by atoms with Crippen LogP contribution in [0.2, 0.25) is 0 Å². The largest absolute Gasteiger partial charge is 0.493 e. The van der Waals surface area contributed by atoms with Gasteiger partial charge in [-0.15, -0.1) is 0 Å². The molecule has 1 aromatic heterocycles. The Kier molecular flexibility index (Phi) is 6.51. The standard InChI is InChI=1S/C26H26FN3O3/c1-4-33-24-11-18(8-9-21(24)17-6-5-7-20(27)10-17)26(32)30(3)15-19-12-29-25(16(2)31)23-14-28-13-22(19)23/h5-12,14,16,31H,4,13,15H2,1-3H3. The number of aliphatic hydroxyl groups is 1. The van der Waals surface area contributed by atoms with Crippen molar-refractivity contribution < 1.29 is 19.0 Å². The second-order valence-electron chi connectivity index (χ2n) is 8.02. The molecule has 1 amide bonds. The van der Waals surface area contributed by atoms with Crippen molar-refractivity contribution in [1.29, 1.82) is 0 Å². The monoisotopic (exact) mass is 447 g/mol. The van der Waals surface area contributed by atoms with Crippen LogP contribution in [-0.2, 0) is 13.1 Å². The Bertz CT molecular complexity index is 1220. The molecule has 33 heavy (non-hydrogen) atoms. The Morgan fingerprint density at radius 3 is 2.82 bits per heavy atom. The number of aliphatic imine (C=N–C) groups is 1. The number of aromatic nitrogens is 1. The molecule has 0 saturated carbocycles. The first-order valence-corrected chi connectivity index (χ1v) is 10.9. The lowest BCUT2D eigenvalue weighted by Gasteiger charge is -2.21. The van der Waals surface area contributed by atoms with Gasteiger partial charge >= 0.3 is 0 Å². The van der Waals surface area contributed by atoms with E-state index in [0.717, 1.165) is 22.3 Å². The van der Waals surface area contributed by atoms with Gasteiger partial charge in [0.1, 0.15) is 11.6 Å². The van der Waals surface area contributed by atoms with Gasteiger partial charge in [-0.2, -0.15) is 0 Å². The first-order valence-electron chi connectivity index (χ1n) is 10.9. The summed E-state index contributed by atoms with van der Waals surface area (Å²) < 4.78 is 19.5. The Hall–Kier alpha value is -3.58. The number of rotatable bonds is 7.